The number of fused-ring (bicyclic) bond motifs is 1. The van der Waals surface area contributed by atoms with Gasteiger partial charge in [0.05, 0.1) is 20.1 Å². The summed E-state index contributed by atoms with van der Waals surface area (Å²) in [5.74, 6) is 1.21. The first-order valence-corrected chi connectivity index (χ1v) is 15.5. The first kappa shape index (κ1) is 31.1. The third-order valence-corrected chi connectivity index (χ3v) is 8.28. The molecule has 1 aliphatic rings. The standard InChI is InChI=1S/C37H42N2O5/c1-42-22-21-39(35(40)23-27-13-18-33(43-2)19-14-27)36(37(41)38-32-11-7-4-8-12-32)31-16-15-30-25-34(20-17-29(30)24-31)44-26-28-9-5-3-6-10-28/h3,5-6,9-10,13-20,24-25,32,36H,4,7-8,11-12,21-23,26H2,1-2H3,(H,38,41). The number of carbonyl (C=O) groups is 2. The largest absolute Gasteiger partial charge is 0.497 e. The third-order valence-electron chi connectivity index (χ3n) is 8.28. The van der Waals surface area contributed by atoms with Crippen molar-refractivity contribution in [2.24, 2.45) is 0 Å². The van der Waals surface area contributed by atoms with Crippen LogP contribution in [0.15, 0.2) is 91.0 Å². The molecule has 1 N–H and O–H groups in total. The number of hydrogen-bond acceptors (Lipinski definition) is 5. The number of methoxy groups -OCH3 is 2. The van der Waals surface area contributed by atoms with Crippen molar-refractivity contribution < 1.29 is 23.8 Å². The SMILES string of the molecule is COCCN(C(=O)Cc1ccc(OC)cc1)C(C(=O)NC1CCCCC1)c1ccc2cc(OCc3ccccc3)ccc2c1. The van der Waals surface area contributed by atoms with Crippen LogP contribution in [-0.2, 0) is 27.4 Å². The minimum absolute atomic E-state index is 0.115. The highest BCUT2D eigenvalue weighted by Crippen LogP contribution is 2.30. The molecule has 7 nitrogen and oxygen atoms in total. The normalized spacial score (nSPS) is 14.1. The number of nitrogens with zero attached hydrogens (tertiary/aromatic N) is 1. The Hall–Kier alpha value is -4.36. The lowest BCUT2D eigenvalue weighted by molar-refractivity contribution is -0.141. The maximum Gasteiger partial charge on any atom is 0.247 e. The van der Waals surface area contributed by atoms with E-state index in [-0.39, 0.29) is 24.3 Å². The van der Waals surface area contributed by atoms with Crippen molar-refractivity contribution in [2.75, 3.05) is 27.4 Å². The summed E-state index contributed by atoms with van der Waals surface area (Å²) in [6, 6.07) is 28.8. The summed E-state index contributed by atoms with van der Waals surface area (Å²) in [7, 11) is 3.22. The van der Waals surface area contributed by atoms with Gasteiger partial charge in [-0.3, -0.25) is 9.59 Å². The van der Waals surface area contributed by atoms with E-state index in [1.165, 1.54) is 6.42 Å². The van der Waals surface area contributed by atoms with Gasteiger partial charge in [-0.05, 0) is 70.6 Å². The molecule has 4 aromatic rings. The molecule has 5 rings (SSSR count). The summed E-state index contributed by atoms with van der Waals surface area (Å²) in [6.45, 7) is 1.09. The second kappa shape index (κ2) is 15.4. The third kappa shape index (κ3) is 8.17. The van der Waals surface area contributed by atoms with E-state index in [1.54, 1.807) is 19.1 Å². The van der Waals surface area contributed by atoms with Gasteiger partial charge in [-0.1, -0.05) is 79.9 Å². The highest BCUT2D eigenvalue weighted by atomic mass is 16.5. The minimum Gasteiger partial charge on any atom is -0.497 e. The molecule has 44 heavy (non-hydrogen) atoms. The van der Waals surface area contributed by atoms with Gasteiger partial charge in [0, 0.05) is 19.7 Å². The molecule has 1 saturated carbocycles. The molecule has 0 spiro atoms. The lowest BCUT2D eigenvalue weighted by Gasteiger charge is -2.33. The van der Waals surface area contributed by atoms with Gasteiger partial charge in [-0.2, -0.15) is 0 Å². The zero-order chi connectivity index (χ0) is 30.7. The summed E-state index contributed by atoms with van der Waals surface area (Å²) in [4.78, 5) is 29.7. The number of hydrogen-bond donors (Lipinski definition) is 1. The average molecular weight is 595 g/mol. The highest BCUT2D eigenvalue weighted by Gasteiger charge is 2.33. The van der Waals surface area contributed by atoms with E-state index in [0.717, 1.165) is 64.6 Å². The summed E-state index contributed by atoms with van der Waals surface area (Å²) in [5.41, 5.74) is 2.72. The molecule has 0 saturated heterocycles. The molecular weight excluding hydrogens is 552 g/mol. The van der Waals surface area contributed by atoms with Crippen molar-refractivity contribution in [3.8, 4) is 11.5 Å². The molecule has 4 aromatic carbocycles. The van der Waals surface area contributed by atoms with Crippen LogP contribution in [0.1, 0.15) is 54.8 Å². The van der Waals surface area contributed by atoms with Crippen LogP contribution in [0.5, 0.6) is 11.5 Å². The summed E-state index contributed by atoms with van der Waals surface area (Å²) < 4.78 is 16.7. The zero-order valence-corrected chi connectivity index (χ0v) is 25.7. The Morgan fingerprint density at radius 3 is 2.25 bits per heavy atom. The summed E-state index contributed by atoms with van der Waals surface area (Å²) in [6.07, 6.45) is 5.47. The Kier molecular flexibility index (Phi) is 10.9. The van der Waals surface area contributed by atoms with Crippen molar-refractivity contribution in [3.05, 3.63) is 108 Å². The molecule has 1 unspecified atom stereocenters. The number of amides is 2. The number of ether oxygens (including phenoxy) is 3. The van der Waals surface area contributed by atoms with Crippen LogP contribution in [0.2, 0.25) is 0 Å². The summed E-state index contributed by atoms with van der Waals surface area (Å²) >= 11 is 0. The lowest BCUT2D eigenvalue weighted by atomic mass is 9.94. The molecule has 0 heterocycles. The van der Waals surface area contributed by atoms with Crippen molar-refractivity contribution in [3.63, 3.8) is 0 Å². The Bertz CT molecular complexity index is 1520. The van der Waals surface area contributed by atoms with Gasteiger partial charge < -0.3 is 24.4 Å². The topological polar surface area (TPSA) is 77.1 Å². The number of rotatable bonds is 13. The van der Waals surface area contributed by atoms with Crippen molar-refractivity contribution in [1.29, 1.82) is 0 Å². The van der Waals surface area contributed by atoms with Gasteiger partial charge in [0.25, 0.3) is 0 Å². The molecule has 7 heteroatoms. The van der Waals surface area contributed by atoms with E-state index >= 15 is 0 Å². The van der Waals surface area contributed by atoms with Crippen molar-refractivity contribution in [1.82, 2.24) is 10.2 Å². The van der Waals surface area contributed by atoms with E-state index in [4.69, 9.17) is 14.2 Å². The number of benzene rings is 4. The molecule has 0 aliphatic heterocycles. The highest BCUT2D eigenvalue weighted by molar-refractivity contribution is 5.92. The second-order valence-corrected chi connectivity index (χ2v) is 11.4. The van der Waals surface area contributed by atoms with Crippen LogP contribution >= 0.6 is 0 Å². The van der Waals surface area contributed by atoms with Crippen molar-refractivity contribution >= 4 is 22.6 Å². The second-order valence-electron chi connectivity index (χ2n) is 11.4. The summed E-state index contributed by atoms with van der Waals surface area (Å²) in [5, 5.41) is 5.26. The monoisotopic (exact) mass is 594 g/mol. The van der Waals surface area contributed by atoms with Crippen LogP contribution in [0.3, 0.4) is 0 Å². The van der Waals surface area contributed by atoms with Crippen LogP contribution in [0, 0.1) is 0 Å². The van der Waals surface area contributed by atoms with Gasteiger partial charge in [-0.25, -0.2) is 0 Å². The predicted molar refractivity (Wildman–Crippen MR) is 173 cm³/mol. The molecule has 0 radical (unpaired) electrons. The van der Waals surface area contributed by atoms with Crippen LogP contribution in [0.25, 0.3) is 10.8 Å². The van der Waals surface area contributed by atoms with Gasteiger partial charge in [0.2, 0.25) is 11.8 Å². The molecule has 1 atom stereocenters. The number of carbonyl (C=O) groups excluding carboxylic acids is 2. The Balaban J connectivity index is 1.43. The van der Waals surface area contributed by atoms with E-state index in [1.807, 2.05) is 91.0 Å². The lowest BCUT2D eigenvalue weighted by Crippen LogP contribution is -2.48. The van der Waals surface area contributed by atoms with Gasteiger partial charge >= 0.3 is 0 Å². The molecule has 230 valence electrons. The number of nitrogens with one attached hydrogen (secondary N) is 1. The first-order valence-electron chi connectivity index (χ1n) is 15.5. The molecule has 1 aliphatic carbocycles. The zero-order valence-electron chi connectivity index (χ0n) is 25.7. The fraction of sp³-hybridized carbons (Fsp3) is 0.351. The van der Waals surface area contributed by atoms with Gasteiger partial charge in [-0.15, -0.1) is 0 Å². The Morgan fingerprint density at radius 2 is 1.52 bits per heavy atom. The van der Waals surface area contributed by atoms with E-state index < -0.39 is 6.04 Å². The smallest absolute Gasteiger partial charge is 0.247 e. The fourth-order valence-corrected chi connectivity index (χ4v) is 5.85. The van der Waals surface area contributed by atoms with Gasteiger partial charge in [0.15, 0.2) is 0 Å². The fourth-order valence-electron chi connectivity index (χ4n) is 5.85. The molecule has 0 aromatic heterocycles. The van der Waals surface area contributed by atoms with Crippen LogP contribution in [-0.4, -0.2) is 50.1 Å². The minimum atomic E-state index is -0.795. The van der Waals surface area contributed by atoms with E-state index in [0.29, 0.717) is 19.8 Å². The first-order chi connectivity index (χ1) is 21.5. The maximum absolute atomic E-state index is 14.1. The molecule has 0 bridgehead atoms. The van der Waals surface area contributed by atoms with E-state index in [9.17, 15) is 9.59 Å². The Labute approximate surface area is 260 Å². The van der Waals surface area contributed by atoms with Gasteiger partial charge in [0.1, 0.15) is 24.1 Å². The molecule has 2 amide bonds. The predicted octanol–water partition coefficient (Wildman–Crippen LogP) is 6.64. The Morgan fingerprint density at radius 1 is 0.818 bits per heavy atom. The quantitative estimate of drug-likeness (QED) is 0.188. The van der Waals surface area contributed by atoms with Crippen molar-refractivity contribution in [2.45, 2.75) is 57.2 Å². The molecule has 1 fully saturated rings. The average Bonchev–Trinajstić information content (AvgIpc) is 3.06. The van der Waals surface area contributed by atoms with Crippen LogP contribution in [0.4, 0.5) is 0 Å². The molecular formula is C37H42N2O5. The van der Waals surface area contributed by atoms with E-state index in [2.05, 4.69) is 5.32 Å². The maximum atomic E-state index is 14.1. The van der Waals surface area contributed by atoms with Crippen LogP contribution < -0.4 is 14.8 Å².